The smallest absolute Gasteiger partial charge is 0.258 e. The van der Waals surface area contributed by atoms with Gasteiger partial charge in [-0.1, -0.05) is 24.3 Å². The van der Waals surface area contributed by atoms with Crippen molar-refractivity contribution in [3.05, 3.63) is 95.6 Å². The van der Waals surface area contributed by atoms with Crippen molar-refractivity contribution in [2.24, 2.45) is 0 Å². The lowest BCUT2D eigenvalue weighted by Crippen LogP contribution is -2.30. The molecule has 3 rings (SSSR count). The Hall–Kier alpha value is -3.01. The van der Waals surface area contributed by atoms with E-state index in [1.54, 1.807) is 29.4 Å². The molecule has 3 aromatic rings. The van der Waals surface area contributed by atoms with Crippen LogP contribution in [-0.2, 0) is 6.54 Å². The predicted molar refractivity (Wildman–Crippen MR) is 92.3 cm³/mol. The summed E-state index contributed by atoms with van der Waals surface area (Å²) in [5.74, 6) is -0.671. The van der Waals surface area contributed by atoms with Gasteiger partial charge in [0.15, 0.2) is 0 Å². The lowest BCUT2D eigenvalue weighted by molar-refractivity contribution is 0.0984. The highest BCUT2D eigenvalue weighted by Gasteiger charge is 2.19. The summed E-state index contributed by atoms with van der Waals surface area (Å²) in [5, 5.41) is 0. The van der Waals surface area contributed by atoms with Crippen LogP contribution in [0.2, 0.25) is 0 Å². The molecular weight excluding hydrogens is 303 g/mol. The number of rotatable bonds is 4. The molecular formula is C20H17FN2O. The molecule has 0 aliphatic carbocycles. The summed E-state index contributed by atoms with van der Waals surface area (Å²) in [6.07, 6.45) is 3.41. The van der Waals surface area contributed by atoms with E-state index >= 15 is 0 Å². The average Bonchev–Trinajstić information content (AvgIpc) is 2.60. The second kappa shape index (κ2) is 7.04. The minimum Gasteiger partial charge on any atom is -0.304 e. The van der Waals surface area contributed by atoms with Crippen molar-refractivity contribution in [3.8, 4) is 0 Å². The Balaban J connectivity index is 1.99. The number of pyridine rings is 1. The van der Waals surface area contributed by atoms with Crippen molar-refractivity contribution < 1.29 is 9.18 Å². The quantitative estimate of drug-likeness (QED) is 0.715. The highest BCUT2D eigenvalue weighted by Crippen LogP contribution is 2.21. The molecule has 0 atom stereocenters. The van der Waals surface area contributed by atoms with E-state index in [0.717, 1.165) is 16.8 Å². The van der Waals surface area contributed by atoms with Crippen LogP contribution in [0.3, 0.4) is 0 Å². The number of carbonyl (C=O) groups excluding carboxylic acids is 1. The van der Waals surface area contributed by atoms with Crippen molar-refractivity contribution in [2.45, 2.75) is 13.5 Å². The van der Waals surface area contributed by atoms with Crippen LogP contribution in [0.1, 0.15) is 21.5 Å². The molecule has 120 valence electrons. The van der Waals surface area contributed by atoms with E-state index in [1.165, 1.54) is 12.1 Å². The van der Waals surface area contributed by atoms with E-state index in [9.17, 15) is 9.18 Å². The summed E-state index contributed by atoms with van der Waals surface area (Å²) in [7, 11) is 0. The average molecular weight is 320 g/mol. The first-order valence-electron chi connectivity index (χ1n) is 7.66. The molecule has 0 spiro atoms. The zero-order valence-electron chi connectivity index (χ0n) is 13.3. The minimum absolute atomic E-state index is 0.246. The second-order valence-electron chi connectivity index (χ2n) is 5.60. The van der Waals surface area contributed by atoms with Crippen LogP contribution >= 0.6 is 0 Å². The van der Waals surface area contributed by atoms with Gasteiger partial charge in [0.25, 0.3) is 5.91 Å². The minimum atomic E-state index is -0.425. The fourth-order valence-corrected chi connectivity index (χ4v) is 2.53. The van der Waals surface area contributed by atoms with E-state index < -0.39 is 5.82 Å². The Kier molecular flexibility index (Phi) is 4.66. The Labute approximate surface area is 140 Å². The van der Waals surface area contributed by atoms with Gasteiger partial charge in [-0.05, 0) is 54.4 Å². The number of aryl methyl sites for hydroxylation is 1. The summed E-state index contributed by atoms with van der Waals surface area (Å²) < 4.78 is 13.5. The first-order chi connectivity index (χ1) is 11.6. The zero-order valence-corrected chi connectivity index (χ0v) is 13.3. The third-order valence-electron chi connectivity index (χ3n) is 3.69. The highest BCUT2D eigenvalue weighted by molar-refractivity contribution is 6.06. The molecule has 0 fully saturated rings. The van der Waals surface area contributed by atoms with Crippen LogP contribution in [0.25, 0.3) is 0 Å². The lowest BCUT2D eigenvalue weighted by Gasteiger charge is -2.23. The molecule has 3 nitrogen and oxygen atoms in total. The first kappa shape index (κ1) is 15.9. The van der Waals surface area contributed by atoms with Gasteiger partial charge < -0.3 is 4.90 Å². The number of amides is 1. The molecule has 1 aromatic heterocycles. The molecule has 24 heavy (non-hydrogen) atoms. The largest absolute Gasteiger partial charge is 0.304 e. The number of benzene rings is 2. The van der Waals surface area contributed by atoms with Gasteiger partial charge in [-0.15, -0.1) is 0 Å². The van der Waals surface area contributed by atoms with Gasteiger partial charge in [-0.3, -0.25) is 9.78 Å². The third kappa shape index (κ3) is 3.66. The van der Waals surface area contributed by atoms with Crippen molar-refractivity contribution >= 4 is 11.6 Å². The molecule has 0 saturated carbocycles. The maximum atomic E-state index is 13.5. The molecule has 0 radical (unpaired) electrons. The number of aromatic nitrogens is 1. The summed E-state index contributed by atoms with van der Waals surface area (Å²) in [6.45, 7) is 2.34. The fraction of sp³-hybridized carbons (Fsp3) is 0.100. The first-order valence-corrected chi connectivity index (χ1v) is 7.66. The maximum absolute atomic E-state index is 13.5. The summed E-state index contributed by atoms with van der Waals surface area (Å²) in [5.41, 5.74) is 3.05. The molecule has 0 aliphatic rings. The van der Waals surface area contributed by atoms with Crippen LogP contribution in [-0.4, -0.2) is 10.9 Å². The Morgan fingerprint density at radius 3 is 2.62 bits per heavy atom. The number of halogens is 1. The summed E-state index contributed by atoms with van der Waals surface area (Å²) in [6, 6.07) is 17.2. The van der Waals surface area contributed by atoms with Gasteiger partial charge >= 0.3 is 0 Å². The fourth-order valence-electron chi connectivity index (χ4n) is 2.53. The number of hydrogen-bond acceptors (Lipinski definition) is 2. The summed E-state index contributed by atoms with van der Waals surface area (Å²) >= 11 is 0. The van der Waals surface area contributed by atoms with E-state index in [0.29, 0.717) is 12.1 Å². The molecule has 4 heteroatoms. The molecule has 0 aliphatic heterocycles. The van der Waals surface area contributed by atoms with Crippen LogP contribution < -0.4 is 4.90 Å². The van der Waals surface area contributed by atoms with E-state index in [-0.39, 0.29) is 5.91 Å². The van der Waals surface area contributed by atoms with E-state index in [2.05, 4.69) is 4.98 Å². The molecule has 1 heterocycles. The van der Waals surface area contributed by atoms with Gasteiger partial charge in [-0.2, -0.15) is 0 Å². The molecule has 1 amide bonds. The maximum Gasteiger partial charge on any atom is 0.258 e. The predicted octanol–water partition coefficient (Wildman–Crippen LogP) is 4.38. The second-order valence-corrected chi connectivity index (χ2v) is 5.60. The van der Waals surface area contributed by atoms with Gasteiger partial charge in [0.1, 0.15) is 5.82 Å². The van der Waals surface area contributed by atoms with Gasteiger partial charge in [0.05, 0.1) is 6.54 Å². The third-order valence-corrected chi connectivity index (χ3v) is 3.69. The van der Waals surface area contributed by atoms with Crippen LogP contribution in [0.15, 0.2) is 73.1 Å². The van der Waals surface area contributed by atoms with E-state index in [1.807, 2.05) is 43.3 Å². The van der Waals surface area contributed by atoms with Gasteiger partial charge in [0, 0.05) is 23.6 Å². The molecule has 2 aromatic carbocycles. The Bertz CT molecular complexity index is 849. The van der Waals surface area contributed by atoms with E-state index in [4.69, 9.17) is 0 Å². The van der Waals surface area contributed by atoms with Crippen molar-refractivity contribution in [1.82, 2.24) is 4.98 Å². The van der Waals surface area contributed by atoms with Crippen LogP contribution in [0.5, 0.6) is 0 Å². The zero-order chi connectivity index (χ0) is 16.9. The number of hydrogen-bond donors (Lipinski definition) is 0. The Morgan fingerprint density at radius 2 is 1.92 bits per heavy atom. The molecule has 0 N–H and O–H groups in total. The van der Waals surface area contributed by atoms with Crippen molar-refractivity contribution in [1.29, 1.82) is 0 Å². The standard InChI is InChI=1S/C20H17FN2O/c1-15-5-2-9-19(11-15)23(14-16-6-4-10-22-13-16)20(24)17-7-3-8-18(21)12-17/h2-13H,14H2,1H3. The monoisotopic (exact) mass is 320 g/mol. The van der Waals surface area contributed by atoms with Crippen LogP contribution in [0, 0.1) is 12.7 Å². The van der Waals surface area contributed by atoms with Gasteiger partial charge in [-0.25, -0.2) is 4.39 Å². The number of nitrogens with zero attached hydrogens (tertiary/aromatic N) is 2. The van der Waals surface area contributed by atoms with Crippen LogP contribution in [0.4, 0.5) is 10.1 Å². The Morgan fingerprint density at radius 1 is 1.08 bits per heavy atom. The summed E-state index contributed by atoms with van der Waals surface area (Å²) in [4.78, 5) is 18.7. The lowest BCUT2D eigenvalue weighted by atomic mass is 10.1. The molecule has 0 bridgehead atoms. The molecule has 0 saturated heterocycles. The highest BCUT2D eigenvalue weighted by atomic mass is 19.1. The van der Waals surface area contributed by atoms with Crippen molar-refractivity contribution in [3.63, 3.8) is 0 Å². The number of anilines is 1. The SMILES string of the molecule is Cc1cccc(N(Cc2cccnc2)C(=O)c2cccc(F)c2)c1. The number of carbonyl (C=O) groups is 1. The normalized spacial score (nSPS) is 10.4. The van der Waals surface area contributed by atoms with Crippen molar-refractivity contribution in [2.75, 3.05) is 4.90 Å². The topological polar surface area (TPSA) is 33.2 Å². The van der Waals surface area contributed by atoms with Gasteiger partial charge in [0.2, 0.25) is 0 Å². The molecule has 0 unspecified atom stereocenters.